The summed E-state index contributed by atoms with van der Waals surface area (Å²) in [6.07, 6.45) is -1.32. The minimum Gasteiger partial charge on any atom is -0.426 e. The number of nitrogens with zero attached hydrogens (tertiary/aromatic N) is 1. The Morgan fingerprint density at radius 3 is 2.48 bits per heavy atom. The van der Waals surface area contributed by atoms with E-state index < -0.39 is 18.1 Å². The van der Waals surface area contributed by atoms with Crippen molar-refractivity contribution >= 4 is 34.9 Å². The lowest BCUT2D eigenvalue weighted by atomic mass is 9.99. The number of benzene rings is 3. The third-order valence-electron chi connectivity index (χ3n) is 4.50. The summed E-state index contributed by atoms with van der Waals surface area (Å²) in [4.78, 5) is 29.8. The van der Waals surface area contributed by atoms with E-state index in [9.17, 15) is 9.59 Å². The summed E-state index contributed by atoms with van der Waals surface area (Å²) in [6, 6.07) is 21.4. The van der Waals surface area contributed by atoms with Gasteiger partial charge in [-0.05, 0) is 43.3 Å². The quantitative estimate of drug-likeness (QED) is 0.647. The lowest BCUT2D eigenvalue weighted by Crippen LogP contribution is -2.30. The van der Waals surface area contributed by atoms with Crippen LogP contribution in [0.3, 0.4) is 0 Å². The topological polar surface area (TPSA) is 67.8 Å². The predicted molar refractivity (Wildman–Crippen MR) is 113 cm³/mol. The molecule has 3 aromatic rings. The van der Waals surface area contributed by atoms with Crippen molar-refractivity contribution in [2.45, 2.75) is 13.2 Å². The summed E-state index contributed by atoms with van der Waals surface area (Å²) >= 11 is 5.87. The van der Waals surface area contributed by atoms with Crippen molar-refractivity contribution in [3.63, 3.8) is 0 Å². The molecule has 1 N–H and O–H groups in total. The number of rotatable bonds is 3. The van der Waals surface area contributed by atoms with Crippen LogP contribution in [0.4, 0.5) is 5.69 Å². The van der Waals surface area contributed by atoms with Gasteiger partial charge >= 0.3 is 5.97 Å². The SMILES string of the molecule is Cc1ccc2c(c1)C(c1ccccc1)=NC(OC(=O)c1ccc(Cl)cc1)C(=O)N2. The number of carbonyl (C=O) groups excluding carboxylic acids is 2. The number of fused-ring (bicyclic) bond motifs is 1. The van der Waals surface area contributed by atoms with Crippen LogP contribution in [-0.4, -0.2) is 23.8 Å². The van der Waals surface area contributed by atoms with Crippen LogP contribution in [0.1, 0.15) is 27.0 Å². The van der Waals surface area contributed by atoms with Crippen LogP contribution in [0.5, 0.6) is 0 Å². The maximum absolute atomic E-state index is 12.7. The van der Waals surface area contributed by atoms with Gasteiger partial charge in [-0.1, -0.05) is 53.6 Å². The number of halogens is 1. The number of hydrogen-bond donors (Lipinski definition) is 1. The molecule has 0 fully saturated rings. The summed E-state index contributed by atoms with van der Waals surface area (Å²) in [5.41, 5.74) is 4.11. The van der Waals surface area contributed by atoms with Crippen LogP contribution in [0, 0.1) is 6.92 Å². The monoisotopic (exact) mass is 404 g/mol. The molecule has 0 bridgehead atoms. The van der Waals surface area contributed by atoms with Gasteiger partial charge in [0.2, 0.25) is 0 Å². The molecule has 0 spiro atoms. The summed E-state index contributed by atoms with van der Waals surface area (Å²) in [6.45, 7) is 1.97. The van der Waals surface area contributed by atoms with E-state index in [1.54, 1.807) is 24.3 Å². The standard InChI is InChI=1S/C23H17ClN2O3/c1-14-7-12-19-18(13-14)20(15-5-3-2-4-6-15)26-22(21(27)25-19)29-23(28)16-8-10-17(24)11-9-16/h2-13,22H,1H3,(H,25,27). The number of benzodiazepines with no additional fused rings is 1. The van der Waals surface area contributed by atoms with E-state index in [0.717, 1.165) is 16.7 Å². The van der Waals surface area contributed by atoms with Crippen molar-refractivity contribution in [1.82, 2.24) is 0 Å². The van der Waals surface area contributed by atoms with E-state index in [-0.39, 0.29) is 5.56 Å². The molecule has 1 atom stereocenters. The number of ether oxygens (including phenoxy) is 1. The number of esters is 1. The Labute approximate surface area is 173 Å². The molecule has 4 rings (SSSR count). The zero-order valence-electron chi connectivity index (χ0n) is 15.6. The number of carbonyl (C=O) groups is 2. The Kier molecular flexibility index (Phi) is 5.14. The molecule has 1 aliphatic rings. The molecule has 5 nitrogen and oxygen atoms in total. The van der Waals surface area contributed by atoms with Crippen LogP contribution in [0.15, 0.2) is 77.8 Å². The lowest BCUT2D eigenvalue weighted by molar-refractivity contribution is -0.124. The molecule has 144 valence electrons. The number of aryl methyl sites for hydroxylation is 1. The highest BCUT2D eigenvalue weighted by molar-refractivity contribution is 6.30. The van der Waals surface area contributed by atoms with Crippen molar-refractivity contribution in [3.05, 3.63) is 100 Å². The number of amides is 1. The van der Waals surface area contributed by atoms with Crippen molar-refractivity contribution in [2.75, 3.05) is 5.32 Å². The van der Waals surface area contributed by atoms with Crippen molar-refractivity contribution in [1.29, 1.82) is 0 Å². The van der Waals surface area contributed by atoms with Gasteiger partial charge in [-0.15, -0.1) is 0 Å². The highest BCUT2D eigenvalue weighted by atomic mass is 35.5. The molecular formula is C23H17ClN2O3. The van der Waals surface area contributed by atoms with E-state index in [1.165, 1.54) is 0 Å². The first kappa shape index (κ1) is 18.9. The van der Waals surface area contributed by atoms with Gasteiger partial charge in [-0.2, -0.15) is 0 Å². The Hall–Kier alpha value is -3.44. The molecule has 0 aliphatic carbocycles. The van der Waals surface area contributed by atoms with Gasteiger partial charge in [0.15, 0.2) is 0 Å². The summed E-state index contributed by atoms with van der Waals surface area (Å²) in [5.74, 6) is -1.16. The van der Waals surface area contributed by atoms with Gasteiger partial charge in [0.05, 0.1) is 17.0 Å². The highest BCUT2D eigenvalue weighted by Crippen LogP contribution is 2.26. The van der Waals surface area contributed by atoms with Gasteiger partial charge in [-0.3, -0.25) is 4.79 Å². The largest absolute Gasteiger partial charge is 0.426 e. The van der Waals surface area contributed by atoms with E-state index in [1.807, 2.05) is 55.5 Å². The normalized spacial score (nSPS) is 15.6. The Morgan fingerprint density at radius 1 is 1.03 bits per heavy atom. The first-order valence-corrected chi connectivity index (χ1v) is 9.41. The molecule has 0 saturated heterocycles. The molecule has 0 aromatic heterocycles. The third kappa shape index (κ3) is 4.05. The molecule has 1 heterocycles. The lowest BCUT2D eigenvalue weighted by Gasteiger charge is -2.12. The molecule has 29 heavy (non-hydrogen) atoms. The maximum Gasteiger partial charge on any atom is 0.340 e. The Balaban J connectivity index is 1.75. The number of aliphatic imine (C=N–C) groups is 1. The molecular weight excluding hydrogens is 388 g/mol. The molecule has 0 saturated carbocycles. The van der Waals surface area contributed by atoms with Gasteiger partial charge in [0, 0.05) is 16.1 Å². The van der Waals surface area contributed by atoms with Crippen molar-refractivity contribution in [2.24, 2.45) is 4.99 Å². The average Bonchev–Trinajstić information content (AvgIpc) is 2.86. The van der Waals surface area contributed by atoms with Crippen LogP contribution in [0.2, 0.25) is 5.02 Å². The second-order valence-corrected chi connectivity index (χ2v) is 7.08. The third-order valence-corrected chi connectivity index (χ3v) is 4.76. The highest BCUT2D eigenvalue weighted by Gasteiger charge is 2.29. The second-order valence-electron chi connectivity index (χ2n) is 6.65. The van der Waals surface area contributed by atoms with Gasteiger partial charge in [0.1, 0.15) is 0 Å². The van der Waals surface area contributed by atoms with Crippen LogP contribution < -0.4 is 5.32 Å². The molecule has 0 radical (unpaired) electrons. The molecule has 1 unspecified atom stereocenters. The first-order chi connectivity index (χ1) is 14.0. The minimum absolute atomic E-state index is 0.288. The predicted octanol–water partition coefficient (Wildman–Crippen LogP) is 4.62. The van der Waals surface area contributed by atoms with E-state index in [2.05, 4.69) is 10.3 Å². The summed E-state index contributed by atoms with van der Waals surface area (Å²) < 4.78 is 5.44. The fraction of sp³-hybridized carbons (Fsp3) is 0.0870. The summed E-state index contributed by atoms with van der Waals surface area (Å²) in [7, 11) is 0. The van der Waals surface area contributed by atoms with Crippen LogP contribution in [0.25, 0.3) is 0 Å². The van der Waals surface area contributed by atoms with Crippen molar-refractivity contribution < 1.29 is 14.3 Å². The number of nitrogens with one attached hydrogen (secondary N) is 1. The maximum atomic E-state index is 12.7. The van der Waals surface area contributed by atoms with Crippen LogP contribution in [-0.2, 0) is 9.53 Å². The molecule has 3 aromatic carbocycles. The van der Waals surface area contributed by atoms with Gasteiger partial charge in [-0.25, -0.2) is 9.79 Å². The van der Waals surface area contributed by atoms with E-state index in [4.69, 9.17) is 16.3 Å². The zero-order valence-corrected chi connectivity index (χ0v) is 16.3. The fourth-order valence-corrected chi connectivity index (χ4v) is 3.19. The molecule has 6 heteroatoms. The van der Waals surface area contributed by atoms with Crippen LogP contribution >= 0.6 is 11.6 Å². The molecule has 1 amide bonds. The Bertz CT molecular complexity index is 1110. The van der Waals surface area contributed by atoms with Gasteiger partial charge < -0.3 is 10.1 Å². The van der Waals surface area contributed by atoms with E-state index >= 15 is 0 Å². The molecule has 1 aliphatic heterocycles. The minimum atomic E-state index is -1.32. The fourth-order valence-electron chi connectivity index (χ4n) is 3.06. The van der Waals surface area contributed by atoms with E-state index in [0.29, 0.717) is 16.4 Å². The second kappa shape index (κ2) is 7.89. The average molecular weight is 405 g/mol. The van der Waals surface area contributed by atoms with Crippen molar-refractivity contribution in [3.8, 4) is 0 Å². The smallest absolute Gasteiger partial charge is 0.340 e. The first-order valence-electron chi connectivity index (χ1n) is 9.03. The number of anilines is 1. The van der Waals surface area contributed by atoms with Gasteiger partial charge in [0.25, 0.3) is 12.1 Å². The Morgan fingerprint density at radius 2 is 1.76 bits per heavy atom. The zero-order chi connectivity index (χ0) is 20.4. The summed E-state index contributed by atoms with van der Waals surface area (Å²) in [5, 5.41) is 3.32. The number of hydrogen-bond acceptors (Lipinski definition) is 4.